The number of nitrogens with zero attached hydrogens (tertiary/aromatic N) is 2. The van der Waals surface area contributed by atoms with Gasteiger partial charge in [-0.15, -0.1) is 0 Å². The smallest absolute Gasteiger partial charge is 0.159 e. The van der Waals surface area contributed by atoms with Crippen LogP contribution in [-0.2, 0) is 9.47 Å². The number of nitrogens with one attached hydrogen (secondary N) is 2. The quantitative estimate of drug-likeness (QED) is 0.322. The molecule has 0 radical (unpaired) electrons. The largest absolute Gasteiger partial charge is 0.385 e. The first-order valence-corrected chi connectivity index (χ1v) is 10.6. The summed E-state index contributed by atoms with van der Waals surface area (Å²) in [4.78, 5) is 9.29. The molecule has 4 N–H and O–H groups in total. The maximum Gasteiger partial charge on any atom is 0.159 e. The second kappa shape index (κ2) is 11.4. The van der Waals surface area contributed by atoms with Gasteiger partial charge in [-0.2, -0.15) is 0 Å². The molecule has 7 nitrogen and oxygen atoms in total. The molecule has 0 bridgehead atoms. The summed E-state index contributed by atoms with van der Waals surface area (Å²) in [5.74, 6) is 7.82. The van der Waals surface area contributed by atoms with E-state index in [1.165, 1.54) is 5.56 Å². The molecule has 0 saturated carbocycles. The average molecular weight is 466 g/mol. The summed E-state index contributed by atoms with van der Waals surface area (Å²) >= 11 is 3.66. The molecule has 1 heterocycles. The topological polar surface area (TPSA) is 94.3 Å². The first-order valence-electron chi connectivity index (χ1n) is 9.80. The zero-order valence-corrected chi connectivity index (χ0v) is 19.5. The number of anilines is 3. The van der Waals surface area contributed by atoms with Crippen LogP contribution in [0.2, 0.25) is 0 Å². The number of nitrogens with two attached hydrogens (primary N) is 1. The van der Waals surface area contributed by atoms with E-state index in [2.05, 4.69) is 57.6 Å². The van der Waals surface area contributed by atoms with Gasteiger partial charge in [0.25, 0.3) is 0 Å². The zero-order valence-electron chi connectivity index (χ0n) is 17.9. The van der Waals surface area contributed by atoms with Crippen molar-refractivity contribution in [1.82, 2.24) is 9.97 Å². The van der Waals surface area contributed by atoms with Crippen molar-refractivity contribution >= 4 is 33.1 Å². The van der Waals surface area contributed by atoms with Crippen molar-refractivity contribution in [3.05, 3.63) is 39.8 Å². The number of aromatic nitrogens is 2. The lowest BCUT2D eigenvalue weighted by Gasteiger charge is -2.22. The van der Waals surface area contributed by atoms with Crippen molar-refractivity contribution in [2.45, 2.75) is 45.4 Å². The van der Waals surface area contributed by atoms with Gasteiger partial charge in [0.2, 0.25) is 0 Å². The van der Waals surface area contributed by atoms with Crippen LogP contribution in [0, 0.1) is 6.92 Å². The van der Waals surface area contributed by atoms with E-state index in [0.29, 0.717) is 36.5 Å². The summed E-state index contributed by atoms with van der Waals surface area (Å²) in [6, 6.07) is 6.28. The minimum Gasteiger partial charge on any atom is -0.385 e. The molecule has 0 atom stereocenters. The van der Waals surface area contributed by atoms with Gasteiger partial charge in [-0.25, -0.2) is 9.97 Å². The lowest BCUT2D eigenvalue weighted by atomic mass is 9.96. The number of aryl methyl sites for hydroxylation is 1. The molecule has 1 aromatic carbocycles. The molecule has 0 amide bonds. The van der Waals surface area contributed by atoms with E-state index in [0.717, 1.165) is 28.7 Å². The van der Waals surface area contributed by atoms with Crippen LogP contribution in [0.5, 0.6) is 0 Å². The zero-order chi connectivity index (χ0) is 21.4. The van der Waals surface area contributed by atoms with Gasteiger partial charge >= 0.3 is 0 Å². The first-order chi connectivity index (χ1) is 13.9. The number of rotatable bonds is 11. The Labute approximate surface area is 181 Å². The van der Waals surface area contributed by atoms with Gasteiger partial charge in [0.15, 0.2) is 5.82 Å². The van der Waals surface area contributed by atoms with E-state index in [4.69, 9.17) is 20.3 Å². The summed E-state index contributed by atoms with van der Waals surface area (Å²) in [5.41, 5.74) is 6.54. The third-order valence-electron chi connectivity index (χ3n) is 4.83. The summed E-state index contributed by atoms with van der Waals surface area (Å²) in [6.07, 6.45) is 1.63. The molecule has 2 aromatic rings. The number of benzene rings is 1. The monoisotopic (exact) mass is 465 g/mol. The van der Waals surface area contributed by atoms with Crippen LogP contribution in [-0.4, -0.2) is 37.4 Å². The highest BCUT2D eigenvalue weighted by atomic mass is 79.9. The fourth-order valence-corrected chi connectivity index (χ4v) is 3.68. The van der Waals surface area contributed by atoms with E-state index < -0.39 is 0 Å². The summed E-state index contributed by atoms with van der Waals surface area (Å²) in [6.45, 7) is 7.49. The lowest BCUT2D eigenvalue weighted by Crippen LogP contribution is -2.18. The summed E-state index contributed by atoms with van der Waals surface area (Å²) < 4.78 is 11.6. The maximum atomic E-state index is 5.91. The molecule has 0 aliphatic rings. The van der Waals surface area contributed by atoms with Crippen LogP contribution in [0.1, 0.15) is 55.6 Å². The van der Waals surface area contributed by atoms with Crippen molar-refractivity contribution in [1.29, 1.82) is 0 Å². The van der Waals surface area contributed by atoms with Gasteiger partial charge in [0.1, 0.15) is 11.5 Å². The summed E-state index contributed by atoms with van der Waals surface area (Å²) in [7, 11) is 3.40. The third-order valence-corrected chi connectivity index (χ3v) is 5.49. The number of halogens is 1. The molecule has 0 aliphatic heterocycles. The van der Waals surface area contributed by atoms with Crippen molar-refractivity contribution in [2.24, 2.45) is 5.84 Å². The number of hydrogen-bond donors (Lipinski definition) is 3. The van der Waals surface area contributed by atoms with Gasteiger partial charge < -0.3 is 20.2 Å². The van der Waals surface area contributed by atoms with Gasteiger partial charge in [0.05, 0.1) is 11.4 Å². The number of hydrogen-bond acceptors (Lipinski definition) is 7. The molecule has 0 unspecified atom stereocenters. The Balaban J connectivity index is 2.42. The molecule has 8 heteroatoms. The molecule has 0 saturated heterocycles. The van der Waals surface area contributed by atoms with Gasteiger partial charge in [-0.1, -0.05) is 19.9 Å². The first kappa shape index (κ1) is 23.5. The Bertz CT molecular complexity index is 793. The lowest BCUT2D eigenvalue weighted by molar-refractivity contribution is 0.162. The van der Waals surface area contributed by atoms with Crippen LogP contribution in [0.4, 0.5) is 17.2 Å². The molecular weight excluding hydrogens is 434 g/mol. The van der Waals surface area contributed by atoms with E-state index >= 15 is 0 Å². The van der Waals surface area contributed by atoms with Crippen LogP contribution in [0.15, 0.2) is 22.7 Å². The van der Waals surface area contributed by atoms with Crippen LogP contribution >= 0.6 is 15.9 Å². The molecule has 0 spiro atoms. The van der Waals surface area contributed by atoms with E-state index in [1.807, 2.05) is 13.0 Å². The Morgan fingerprint density at radius 1 is 1.10 bits per heavy atom. The maximum absolute atomic E-state index is 5.91. The predicted octanol–water partition coefficient (Wildman–Crippen LogP) is 4.86. The number of methoxy groups -OCH3 is 2. The summed E-state index contributed by atoms with van der Waals surface area (Å²) in [5, 5.41) is 3.40. The standard InChI is InChI=1S/C21H32BrN5O2/c1-13(2)16-6-7-18(17(22)12-16)26-21-20(27-23)19(24-14(3)25-21)15(8-10-28-4)9-11-29-5/h6-7,12-13,15,27H,8-11,23H2,1-5H3,(H,24,25,26). The normalized spacial score (nSPS) is 11.3. The van der Waals surface area contributed by atoms with Crippen molar-refractivity contribution in [3.63, 3.8) is 0 Å². The molecule has 1 aromatic heterocycles. The van der Waals surface area contributed by atoms with Gasteiger partial charge in [0, 0.05) is 37.8 Å². The average Bonchev–Trinajstić information content (AvgIpc) is 2.69. The minimum atomic E-state index is 0.134. The number of ether oxygens (including phenoxy) is 2. The molecular formula is C21H32BrN5O2. The molecule has 2 rings (SSSR count). The van der Waals surface area contributed by atoms with E-state index in [9.17, 15) is 0 Å². The van der Waals surface area contributed by atoms with Crippen LogP contribution in [0.3, 0.4) is 0 Å². The van der Waals surface area contributed by atoms with Gasteiger partial charge in [-0.05, 0) is 59.3 Å². The highest BCUT2D eigenvalue weighted by molar-refractivity contribution is 9.10. The Hall–Kier alpha value is -1.74. The van der Waals surface area contributed by atoms with Crippen molar-refractivity contribution in [3.8, 4) is 0 Å². The second-order valence-corrected chi connectivity index (χ2v) is 8.16. The van der Waals surface area contributed by atoms with Crippen LogP contribution < -0.4 is 16.6 Å². The molecule has 0 aliphatic carbocycles. The van der Waals surface area contributed by atoms with E-state index in [1.54, 1.807) is 14.2 Å². The Morgan fingerprint density at radius 2 is 1.76 bits per heavy atom. The van der Waals surface area contributed by atoms with E-state index in [-0.39, 0.29) is 5.92 Å². The number of hydrazine groups is 1. The number of nitrogen functional groups attached to an aromatic ring is 1. The highest BCUT2D eigenvalue weighted by Crippen LogP contribution is 2.36. The molecule has 0 fully saturated rings. The predicted molar refractivity (Wildman–Crippen MR) is 122 cm³/mol. The second-order valence-electron chi connectivity index (χ2n) is 7.30. The third kappa shape index (κ3) is 6.37. The van der Waals surface area contributed by atoms with Gasteiger partial charge in [-0.3, -0.25) is 5.84 Å². The fraction of sp³-hybridized carbons (Fsp3) is 0.524. The SMILES string of the molecule is COCCC(CCOC)c1nc(C)nc(Nc2ccc(C(C)C)cc2Br)c1NN. The van der Waals surface area contributed by atoms with Crippen molar-refractivity contribution in [2.75, 3.05) is 38.2 Å². The highest BCUT2D eigenvalue weighted by Gasteiger charge is 2.22. The Morgan fingerprint density at radius 3 is 2.28 bits per heavy atom. The molecule has 29 heavy (non-hydrogen) atoms. The molecule has 160 valence electrons. The van der Waals surface area contributed by atoms with Crippen molar-refractivity contribution < 1.29 is 9.47 Å². The van der Waals surface area contributed by atoms with Crippen LogP contribution in [0.25, 0.3) is 0 Å². The Kier molecular flexibility index (Phi) is 9.29. The fourth-order valence-electron chi connectivity index (χ4n) is 3.18. The minimum absolute atomic E-state index is 0.134.